The molecule has 0 unspecified atom stereocenters. The molecule has 0 bridgehead atoms. The number of benzene rings is 1. The molecule has 0 radical (unpaired) electrons. The van der Waals surface area contributed by atoms with E-state index in [0.29, 0.717) is 11.7 Å². The van der Waals surface area contributed by atoms with E-state index < -0.39 is 0 Å². The second-order valence-corrected chi connectivity index (χ2v) is 6.24. The van der Waals surface area contributed by atoms with Crippen LogP contribution in [0.2, 0.25) is 0 Å². The lowest BCUT2D eigenvalue weighted by Crippen LogP contribution is -2.28. The van der Waals surface area contributed by atoms with Crippen LogP contribution < -0.4 is 9.64 Å². The van der Waals surface area contributed by atoms with Gasteiger partial charge in [0.1, 0.15) is 5.75 Å². The van der Waals surface area contributed by atoms with Crippen LogP contribution in [0.1, 0.15) is 44.7 Å². The zero-order valence-electron chi connectivity index (χ0n) is 14.8. The average molecular weight is 327 g/mol. The fourth-order valence-electron chi connectivity index (χ4n) is 2.47. The number of hydrogen-bond donors (Lipinski definition) is 0. The first-order chi connectivity index (χ1) is 11.5. The van der Waals surface area contributed by atoms with Crippen LogP contribution in [0.15, 0.2) is 36.7 Å². The number of carbonyl (C=O) groups is 1. The van der Waals surface area contributed by atoms with E-state index in [4.69, 9.17) is 4.74 Å². The molecule has 24 heavy (non-hydrogen) atoms. The second-order valence-electron chi connectivity index (χ2n) is 6.24. The van der Waals surface area contributed by atoms with Crippen molar-refractivity contribution >= 4 is 11.5 Å². The normalized spacial score (nSPS) is 10.7. The zero-order chi connectivity index (χ0) is 17.5. The van der Waals surface area contributed by atoms with E-state index in [0.717, 1.165) is 30.9 Å². The third-order valence-electron chi connectivity index (χ3n) is 3.44. The lowest BCUT2D eigenvalue weighted by atomic mass is 10.1. The van der Waals surface area contributed by atoms with Gasteiger partial charge in [0.05, 0.1) is 12.4 Å². The van der Waals surface area contributed by atoms with Crippen LogP contribution >= 0.6 is 0 Å². The highest BCUT2D eigenvalue weighted by atomic mass is 16.5. The first-order valence-electron chi connectivity index (χ1n) is 8.35. The highest BCUT2D eigenvalue weighted by Crippen LogP contribution is 2.26. The van der Waals surface area contributed by atoms with E-state index in [1.54, 1.807) is 0 Å². The lowest BCUT2D eigenvalue weighted by molar-refractivity contribution is 0.100. The molecule has 0 spiro atoms. The van der Waals surface area contributed by atoms with Crippen molar-refractivity contribution in [2.24, 2.45) is 5.92 Å². The minimum atomic E-state index is -0.160. The quantitative estimate of drug-likeness (QED) is 0.675. The van der Waals surface area contributed by atoms with E-state index >= 15 is 0 Å². The first kappa shape index (κ1) is 17.9. The number of rotatable bonds is 8. The number of aromatic nitrogens is 2. The molecule has 0 aliphatic heterocycles. The molecular formula is C19H25N3O2. The predicted octanol–water partition coefficient (Wildman–Crippen LogP) is 4.34. The highest BCUT2D eigenvalue weighted by Gasteiger charge is 2.10. The van der Waals surface area contributed by atoms with Crippen molar-refractivity contribution in [3.8, 4) is 11.5 Å². The molecule has 2 aromatic rings. The topological polar surface area (TPSA) is 55.3 Å². The Kier molecular flexibility index (Phi) is 6.29. The lowest BCUT2D eigenvalue weighted by Gasteiger charge is -2.26. The maximum atomic E-state index is 11.2. The Morgan fingerprint density at radius 3 is 2.50 bits per heavy atom. The summed E-state index contributed by atoms with van der Waals surface area (Å²) in [5, 5.41) is 0. The van der Waals surface area contributed by atoms with Crippen molar-refractivity contribution in [2.75, 3.05) is 18.0 Å². The summed E-state index contributed by atoms with van der Waals surface area (Å²) in [5.41, 5.74) is 1.14. The van der Waals surface area contributed by atoms with E-state index in [-0.39, 0.29) is 11.6 Å². The van der Waals surface area contributed by atoms with Gasteiger partial charge in [-0.2, -0.15) is 0 Å². The first-order valence-corrected chi connectivity index (χ1v) is 8.35. The highest BCUT2D eigenvalue weighted by molar-refractivity contribution is 5.90. The number of Topliss-reactive ketones (excluding diaryl/α,β-unsaturated/α-hetero) is 1. The third-order valence-corrected chi connectivity index (χ3v) is 3.44. The molecule has 1 aromatic heterocycles. The van der Waals surface area contributed by atoms with Crippen molar-refractivity contribution in [2.45, 2.75) is 34.1 Å². The second kappa shape index (κ2) is 8.43. The van der Waals surface area contributed by atoms with E-state index in [1.165, 1.54) is 19.3 Å². The smallest absolute Gasteiger partial charge is 0.196 e. The molecule has 2 rings (SSSR count). The van der Waals surface area contributed by atoms with Gasteiger partial charge in [-0.25, -0.2) is 9.97 Å². The fraction of sp³-hybridized carbons (Fsp3) is 0.421. The molecule has 0 atom stereocenters. The number of anilines is 1. The number of hydrogen-bond acceptors (Lipinski definition) is 5. The Labute approximate surface area is 143 Å². The number of carbonyl (C=O) groups excluding carboxylic acids is 1. The third kappa shape index (κ3) is 5.05. The van der Waals surface area contributed by atoms with Crippen LogP contribution in [0.4, 0.5) is 5.69 Å². The molecule has 1 heterocycles. The molecule has 5 nitrogen and oxygen atoms in total. The summed E-state index contributed by atoms with van der Waals surface area (Å²) >= 11 is 0. The number of nitrogens with zero attached hydrogens (tertiary/aromatic N) is 3. The largest absolute Gasteiger partial charge is 0.454 e. The molecule has 5 heteroatoms. The molecule has 0 amide bonds. The van der Waals surface area contributed by atoms with E-state index in [1.807, 2.05) is 18.2 Å². The van der Waals surface area contributed by atoms with Gasteiger partial charge in [-0.05, 0) is 24.5 Å². The summed E-state index contributed by atoms with van der Waals surface area (Å²) in [6.07, 6.45) is 4.14. The Bertz CT molecular complexity index is 669. The van der Waals surface area contributed by atoms with Crippen molar-refractivity contribution in [1.29, 1.82) is 0 Å². The molecule has 128 valence electrons. The van der Waals surface area contributed by atoms with Crippen molar-refractivity contribution in [3.63, 3.8) is 0 Å². The van der Waals surface area contributed by atoms with Crippen LogP contribution in [0.3, 0.4) is 0 Å². The zero-order valence-corrected chi connectivity index (χ0v) is 14.8. The minimum Gasteiger partial charge on any atom is -0.454 e. The predicted molar refractivity (Wildman–Crippen MR) is 95.9 cm³/mol. The monoisotopic (exact) mass is 327 g/mol. The van der Waals surface area contributed by atoms with E-state index in [9.17, 15) is 4.79 Å². The van der Waals surface area contributed by atoms with Gasteiger partial charge in [0.2, 0.25) is 0 Å². The van der Waals surface area contributed by atoms with Crippen LogP contribution in [0.25, 0.3) is 0 Å². The van der Waals surface area contributed by atoms with Gasteiger partial charge < -0.3 is 9.64 Å². The summed E-state index contributed by atoms with van der Waals surface area (Å²) in [6.45, 7) is 10.1. The summed E-state index contributed by atoms with van der Waals surface area (Å²) in [6, 6.07) is 8.01. The summed E-state index contributed by atoms with van der Waals surface area (Å²) < 4.78 is 5.82. The van der Waals surface area contributed by atoms with Crippen molar-refractivity contribution < 1.29 is 9.53 Å². The standard InChI is InChI=1S/C19H25N3O2/c1-5-9-22(13-14(2)3)16-7-6-8-17(10-16)24-18-11-20-19(15(4)23)21-12-18/h6-8,10-12,14H,5,9,13H2,1-4H3. The number of ether oxygens (including phenoxy) is 1. The molecule has 0 fully saturated rings. The minimum absolute atomic E-state index is 0.160. The summed E-state index contributed by atoms with van der Waals surface area (Å²) in [7, 11) is 0. The van der Waals surface area contributed by atoms with Crippen molar-refractivity contribution in [1.82, 2.24) is 9.97 Å². The molecule has 0 aliphatic carbocycles. The van der Waals surface area contributed by atoms with Gasteiger partial charge in [-0.1, -0.05) is 26.8 Å². The molecule has 0 aliphatic rings. The molecule has 0 N–H and O–H groups in total. The Hall–Kier alpha value is -2.43. The maximum Gasteiger partial charge on any atom is 0.196 e. The van der Waals surface area contributed by atoms with Crippen LogP contribution in [0.5, 0.6) is 11.5 Å². The average Bonchev–Trinajstić information content (AvgIpc) is 2.55. The van der Waals surface area contributed by atoms with Gasteiger partial charge in [0.15, 0.2) is 17.4 Å². The Morgan fingerprint density at radius 2 is 1.92 bits per heavy atom. The van der Waals surface area contributed by atoms with Gasteiger partial charge in [-0.15, -0.1) is 0 Å². The summed E-state index contributed by atoms with van der Waals surface area (Å²) in [4.78, 5) is 21.6. The van der Waals surface area contributed by atoms with Gasteiger partial charge in [-0.3, -0.25) is 4.79 Å². The summed E-state index contributed by atoms with van der Waals surface area (Å²) in [5.74, 6) is 1.88. The van der Waals surface area contributed by atoms with Gasteiger partial charge in [0, 0.05) is 31.8 Å². The fourth-order valence-corrected chi connectivity index (χ4v) is 2.47. The SMILES string of the molecule is CCCN(CC(C)C)c1cccc(Oc2cnc(C(C)=O)nc2)c1. The van der Waals surface area contributed by atoms with Crippen LogP contribution in [0, 0.1) is 5.92 Å². The molecule has 0 saturated carbocycles. The van der Waals surface area contributed by atoms with Crippen LogP contribution in [-0.4, -0.2) is 28.8 Å². The van der Waals surface area contributed by atoms with Gasteiger partial charge >= 0.3 is 0 Å². The Morgan fingerprint density at radius 1 is 1.21 bits per heavy atom. The van der Waals surface area contributed by atoms with E-state index in [2.05, 4.69) is 41.7 Å². The van der Waals surface area contributed by atoms with Crippen LogP contribution in [-0.2, 0) is 0 Å². The molecule has 1 aromatic carbocycles. The van der Waals surface area contributed by atoms with Crippen molar-refractivity contribution in [3.05, 3.63) is 42.5 Å². The van der Waals surface area contributed by atoms with Gasteiger partial charge in [0.25, 0.3) is 0 Å². The Balaban J connectivity index is 2.15. The maximum absolute atomic E-state index is 11.2. The molecule has 0 saturated heterocycles. The number of ketones is 1. The molecular weight excluding hydrogens is 302 g/mol.